The maximum Gasteiger partial charge on any atom is 0.0842 e. The first-order valence-electron chi connectivity index (χ1n) is 3.65. The van der Waals surface area contributed by atoms with Gasteiger partial charge in [0.15, 0.2) is 0 Å². The van der Waals surface area contributed by atoms with Gasteiger partial charge < -0.3 is 8.74 Å². The molecule has 1 unspecified atom stereocenters. The van der Waals surface area contributed by atoms with E-state index in [1.165, 1.54) is 0 Å². The van der Waals surface area contributed by atoms with Gasteiger partial charge in [-0.3, -0.25) is 0 Å². The van der Waals surface area contributed by atoms with E-state index in [1.54, 1.807) is 12.1 Å². The van der Waals surface area contributed by atoms with Crippen LogP contribution in [0.15, 0.2) is 24.3 Å². The molecule has 0 saturated carbocycles. The third kappa shape index (κ3) is 4.38. The Morgan fingerprint density at radius 1 is 1.38 bits per heavy atom. The van der Waals surface area contributed by atoms with Crippen molar-refractivity contribution < 1.29 is 12.9 Å². The molecule has 0 radical (unpaired) electrons. The fraction of sp³-hybridized carbons (Fsp3) is 0.250. The highest BCUT2D eigenvalue weighted by Gasteiger charge is 1.93. The monoisotopic (exact) mass is 219 g/mol. The van der Waals surface area contributed by atoms with Crippen molar-refractivity contribution in [2.45, 2.75) is 6.42 Å². The molecular weight excluding hydrogens is 212 g/mol. The van der Waals surface area contributed by atoms with Gasteiger partial charge >= 0.3 is 0 Å². The van der Waals surface area contributed by atoms with Gasteiger partial charge in [0.05, 0.1) is 18.0 Å². The van der Waals surface area contributed by atoms with Gasteiger partial charge in [-0.1, -0.05) is 23.7 Å². The molecule has 1 rings (SSSR count). The second-order valence-electron chi connectivity index (χ2n) is 2.40. The molecule has 0 spiro atoms. The van der Waals surface area contributed by atoms with E-state index >= 15 is 0 Å². The van der Waals surface area contributed by atoms with Gasteiger partial charge in [0, 0.05) is 5.02 Å². The van der Waals surface area contributed by atoms with Gasteiger partial charge in [-0.15, -0.1) is 0 Å². The molecule has 0 aliphatic heterocycles. The Hall–Kier alpha value is -0.420. The molecular formula is C8H8ClO3S-. The quantitative estimate of drug-likeness (QED) is 0.725. The molecule has 3 nitrogen and oxygen atoms in total. The van der Waals surface area contributed by atoms with E-state index in [9.17, 15) is 8.76 Å². The molecule has 1 atom stereocenters. The second kappa shape index (κ2) is 5.34. The lowest BCUT2D eigenvalue weighted by Crippen LogP contribution is -2.00. The smallest absolute Gasteiger partial charge is 0.0842 e. The molecule has 0 N–H and O–H groups in total. The maximum absolute atomic E-state index is 10.0. The standard InChI is InChI=1S/C8H9ClO3S/c9-8-3-1-7(2-4-8)5-6-12-13(10)11/h1-4H,5-6H2,(H,10,11)/p-1. The molecule has 13 heavy (non-hydrogen) atoms. The molecule has 5 heteroatoms. The summed E-state index contributed by atoms with van der Waals surface area (Å²) in [5, 5.41) is 0.664. The minimum Gasteiger partial charge on any atom is -0.750 e. The first-order valence-corrected chi connectivity index (χ1v) is 5.03. The summed E-state index contributed by atoms with van der Waals surface area (Å²) in [6.07, 6.45) is 0.561. The highest BCUT2D eigenvalue weighted by Crippen LogP contribution is 2.09. The largest absolute Gasteiger partial charge is 0.750 e. The van der Waals surface area contributed by atoms with Crippen LogP contribution in [0.1, 0.15) is 5.56 Å². The van der Waals surface area contributed by atoms with Gasteiger partial charge in [0.2, 0.25) is 0 Å². The topological polar surface area (TPSA) is 49.4 Å². The molecule has 0 saturated heterocycles. The Kier molecular flexibility index (Phi) is 4.38. The van der Waals surface area contributed by atoms with Crippen molar-refractivity contribution >= 4 is 23.0 Å². The van der Waals surface area contributed by atoms with Crippen molar-refractivity contribution in [2.75, 3.05) is 6.61 Å². The van der Waals surface area contributed by atoms with Gasteiger partial charge in [-0.05, 0) is 24.1 Å². The van der Waals surface area contributed by atoms with E-state index in [-0.39, 0.29) is 6.61 Å². The summed E-state index contributed by atoms with van der Waals surface area (Å²) < 4.78 is 24.4. The lowest BCUT2D eigenvalue weighted by molar-refractivity contribution is 0.304. The van der Waals surface area contributed by atoms with E-state index < -0.39 is 11.4 Å². The van der Waals surface area contributed by atoms with Crippen LogP contribution in [-0.4, -0.2) is 15.4 Å². The first-order chi connectivity index (χ1) is 6.18. The molecule has 0 aromatic heterocycles. The Labute approximate surface area is 84.2 Å². The van der Waals surface area contributed by atoms with Gasteiger partial charge in [-0.2, -0.15) is 0 Å². The Morgan fingerprint density at radius 2 is 2.00 bits per heavy atom. The average molecular weight is 220 g/mol. The number of benzene rings is 1. The van der Waals surface area contributed by atoms with Crippen molar-refractivity contribution in [2.24, 2.45) is 0 Å². The Bertz CT molecular complexity index is 286. The third-order valence-electron chi connectivity index (χ3n) is 1.48. The molecule has 0 amide bonds. The van der Waals surface area contributed by atoms with Crippen LogP contribution < -0.4 is 0 Å². The van der Waals surface area contributed by atoms with Crippen molar-refractivity contribution in [3.63, 3.8) is 0 Å². The maximum atomic E-state index is 10.0. The van der Waals surface area contributed by atoms with Crippen molar-refractivity contribution in [3.05, 3.63) is 34.9 Å². The van der Waals surface area contributed by atoms with Crippen molar-refractivity contribution in [3.8, 4) is 0 Å². The minimum atomic E-state index is -2.42. The Balaban J connectivity index is 2.37. The van der Waals surface area contributed by atoms with Crippen LogP contribution in [0, 0.1) is 0 Å². The van der Waals surface area contributed by atoms with Crippen LogP contribution in [0.25, 0.3) is 0 Å². The van der Waals surface area contributed by atoms with Gasteiger partial charge in [-0.25, -0.2) is 4.21 Å². The average Bonchev–Trinajstić information content (AvgIpc) is 2.08. The van der Waals surface area contributed by atoms with Crippen molar-refractivity contribution in [1.29, 1.82) is 0 Å². The van der Waals surface area contributed by atoms with Gasteiger partial charge in [0.1, 0.15) is 0 Å². The summed E-state index contributed by atoms with van der Waals surface area (Å²) in [6, 6.07) is 7.18. The van der Waals surface area contributed by atoms with Crippen LogP contribution in [-0.2, 0) is 22.0 Å². The minimum absolute atomic E-state index is 0.164. The summed E-state index contributed by atoms with van der Waals surface area (Å²) in [7, 11) is 0. The number of hydrogen-bond donors (Lipinski definition) is 0. The highest BCUT2D eigenvalue weighted by atomic mass is 35.5. The summed E-state index contributed by atoms with van der Waals surface area (Å²) in [5.74, 6) is 0. The van der Waals surface area contributed by atoms with E-state index in [0.717, 1.165) is 5.56 Å². The van der Waals surface area contributed by atoms with E-state index in [2.05, 4.69) is 4.18 Å². The summed E-state index contributed by atoms with van der Waals surface area (Å²) in [4.78, 5) is 0. The second-order valence-corrected chi connectivity index (χ2v) is 3.48. The lowest BCUT2D eigenvalue weighted by Gasteiger charge is -2.05. The predicted molar refractivity (Wildman–Crippen MR) is 50.0 cm³/mol. The summed E-state index contributed by atoms with van der Waals surface area (Å²) in [6.45, 7) is 0.164. The molecule has 72 valence electrons. The number of rotatable bonds is 4. The van der Waals surface area contributed by atoms with Crippen LogP contribution in [0.5, 0.6) is 0 Å². The fourth-order valence-corrected chi connectivity index (χ4v) is 1.22. The van der Waals surface area contributed by atoms with Crippen LogP contribution in [0.2, 0.25) is 5.02 Å². The van der Waals surface area contributed by atoms with E-state index in [0.29, 0.717) is 11.4 Å². The van der Waals surface area contributed by atoms with Gasteiger partial charge in [0.25, 0.3) is 0 Å². The number of halogens is 1. The van der Waals surface area contributed by atoms with E-state index in [4.69, 9.17) is 11.6 Å². The zero-order valence-corrected chi connectivity index (χ0v) is 8.31. The Morgan fingerprint density at radius 3 is 2.54 bits per heavy atom. The highest BCUT2D eigenvalue weighted by molar-refractivity contribution is 7.74. The molecule has 0 fully saturated rings. The summed E-state index contributed by atoms with van der Waals surface area (Å²) >= 11 is 3.25. The molecule has 0 bridgehead atoms. The molecule has 1 aromatic rings. The number of hydrogen-bond acceptors (Lipinski definition) is 3. The van der Waals surface area contributed by atoms with Crippen LogP contribution >= 0.6 is 11.6 Å². The zero-order valence-electron chi connectivity index (χ0n) is 6.73. The molecule has 0 aliphatic rings. The molecule has 0 aliphatic carbocycles. The SMILES string of the molecule is O=S([O-])OCCc1ccc(Cl)cc1. The van der Waals surface area contributed by atoms with Crippen LogP contribution in [0.3, 0.4) is 0 Å². The van der Waals surface area contributed by atoms with Crippen molar-refractivity contribution in [1.82, 2.24) is 0 Å². The fourth-order valence-electron chi connectivity index (χ4n) is 0.879. The zero-order chi connectivity index (χ0) is 9.68. The third-order valence-corrected chi connectivity index (χ3v) is 2.09. The summed E-state index contributed by atoms with van der Waals surface area (Å²) in [5.41, 5.74) is 0.995. The first kappa shape index (κ1) is 10.7. The lowest BCUT2D eigenvalue weighted by atomic mass is 10.2. The normalized spacial score (nSPS) is 12.8. The van der Waals surface area contributed by atoms with E-state index in [1.807, 2.05) is 12.1 Å². The predicted octanol–water partition coefficient (Wildman–Crippen LogP) is 1.69. The molecule has 0 heterocycles. The molecule has 1 aromatic carbocycles. The van der Waals surface area contributed by atoms with Crippen LogP contribution in [0.4, 0.5) is 0 Å².